The lowest BCUT2D eigenvalue weighted by atomic mass is 10.1. The highest BCUT2D eigenvalue weighted by atomic mass is 32.2. The number of nitrogens with one attached hydrogen (secondary N) is 1. The third kappa shape index (κ3) is 5.26. The van der Waals surface area contributed by atoms with Gasteiger partial charge in [0.1, 0.15) is 12.4 Å². The van der Waals surface area contributed by atoms with Crippen molar-refractivity contribution >= 4 is 29.3 Å². The number of hydrogen-bond donors (Lipinski definition) is 2. The van der Waals surface area contributed by atoms with E-state index in [1.165, 1.54) is 18.5 Å². The number of nitrogens with zero attached hydrogens (tertiary/aromatic N) is 4. The number of unbranched alkanes of at least 4 members (excludes halogenated alkanes) is 1. The first-order valence-corrected chi connectivity index (χ1v) is 8.99. The lowest BCUT2D eigenvalue weighted by molar-refractivity contribution is -0.387. The molecule has 1 aromatic carbocycles. The monoisotopic (exact) mass is 393 g/mol. The molecule has 0 radical (unpaired) electrons. The van der Waals surface area contributed by atoms with Crippen LogP contribution in [0.5, 0.6) is 0 Å². The van der Waals surface area contributed by atoms with E-state index in [-0.39, 0.29) is 11.3 Å². The molecule has 2 N–H and O–H groups in total. The molecule has 0 aliphatic carbocycles. The molecule has 0 unspecified atom stereocenters. The summed E-state index contributed by atoms with van der Waals surface area (Å²) < 4.78 is 1.61. The third-order valence-electron chi connectivity index (χ3n) is 3.74. The van der Waals surface area contributed by atoms with Gasteiger partial charge in [0.05, 0.1) is 9.82 Å². The minimum Gasteiger partial charge on any atom is -0.480 e. The third-order valence-corrected chi connectivity index (χ3v) is 4.86. The summed E-state index contributed by atoms with van der Waals surface area (Å²) in [6.45, 7) is 1.91. The van der Waals surface area contributed by atoms with Gasteiger partial charge >= 0.3 is 5.97 Å². The van der Waals surface area contributed by atoms with Crippen molar-refractivity contribution in [3.05, 3.63) is 40.2 Å². The Balaban J connectivity index is 2.23. The lowest BCUT2D eigenvalue weighted by Crippen LogP contribution is -2.40. The van der Waals surface area contributed by atoms with E-state index in [0.29, 0.717) is 22.9 Å². The van der Waals surface area contributed by atoms with Crippen molar-refractivity contribution in [2.45, 2.75) is 42.3 Å². The van der Waals surface area contributed by atoms with E-state index in [2.05, 4.69) is 15.5 Å². The van der Waals surface area contributed by atoms with Gasteiger partial charge in [0, 0.05) is 18.7 Å². The first-order valence-electron chi connectivity index (χ1n) is 8.17. The van der Waals surface area contributed by atoms with Crippen LogP contribution >= 0.6 is 11.8 Å². The molecule has 2 aromatic rings. The predicted octanol–water partition coefficient (Wildman–Crippen LogP) is 2.25. The van der Waals surface area contributed by atoms with Crippen LogP contribution in [0.25, 0.3) is 0 Å². The van der Waals surface area contributed by atoms with Crippen molar-refractivity contribution in [2.24, 2.45) is 7.05 Å². The maximum atomic E-state index is 12.3. The molecule has 0 aliphatic rings. The van der Waals surface area contributed by atoms with E-state index < -0.39 is 22.8 Å². The maximum absolute atomic E-state index is 12.3. The van der Waals surface area contributed by atoms with Crippen molar-refractivity contribution in [1.82, 2.24) is 20.1 Å². The Kier molecular flexibility index (Phi) is 6.88. The average molecular weight is 393 g/mol. The summed E-state index contributed by atoms with van der Waals surface area (Å²) >= 11 is 1.05. The number of hydrogen-bond acceptors (Lipinski definition) is 7. The largest absolute Gasteiger partial charge is 0.480 e. The Morgan fingerprint density at radius 2 is 2.19 bits per heavy atom. The summed E-state index contributed by atoms with van der Waals surface area (Å²) in [5.41, 5.74) is -0.247. The predicted molar refractivity (Wildman–Crippen MR) is 96.6 cm³/mol. The highest BCUT2D eigenvalue weighted by molar-refractivity contribution is 7.99. The van der Waals surface area contributed by atoms with Crippen LogP contribution in [-0.2, 0) is 11.8 Å². The van der Waals surface area contributed by atoms with Crippen LogP contribution in [0.3, 0.4) is 0 Å². The molecule has 10 nitrogen and oxygen atoms in total. The molecule has 0 fully saturated rings. The number of aryl methyl sites for hydroxylation is 1. The SMILES string of the molecule is CCCC[C@H](NC(=O)c1ccc(Sc2nncn2C)c([N+](=O)[O-])c1)C(=O)O. The molecule has 144 valence electrons. The van der Waals surface area contributed by atoms with Gasteiger partial charge in [0.15, 0.2) is 5.16 Å². The first kappa shape index (κ1) is 20.4. The van der Waals surface area contributed by atoms with Crippen LogP contribution in [0.4, 0.5) is 5.69 Å². The summed E-state index contributed by atoms with van der Waals surface area (Å²) in [7, 11) is 1.71. The quantitative estimate of drug-likeness (QED) is 0.488. The van der Waals surface area contributed by atoms with Gasteiger partial charge in [-0.15, -0.1) is 10.2 Å². The summed E-state index contributed by atoms with van der Waals surface area (Å²) in [5, 5.41) is 31.1. The zero-order valence-electron chi connectivity index (χ0n) is 14.8. The number of rotatable bonds is 9. The molecule has 27 heavy (non-hydrogen) atoms. The number of nitro groups is 1. The zero-order chi connectivity index (χ0) is 20.0. The fraction of sp³-hybridized carbons (Fsp3) is 0.375. The van der Waals surface area contributed by atoms with Crippen LogP contribution in [0.15, 0.2) is 34.6 Å². The van der Waals surface area contributed by atoms with Crippen LogP contribution in [-0.4, -0.2) is 42.7 Å². The molecule has 0 saturated heterocycles. The fourth-order valence-corrected chi connectivity index (χ4v) is 3.11. The number of nitro benzene ring substituents is 1. The molecule has 1 aromatic heterocycles. The molecule has 0 saturated carbocycles. The molecule has 0 spiro atoms. The number of carbonyl (C=O) groups excluding carboxylic acids is 1. The van der Waals surface area contributed by atoms with Gasteiger partial charge in [-0.25, -0.2) is 4.79 Å². The molecule has 1 amide bonds. The minimum absolute atomic E-state index is 0.0202. The number of carboxylic acids is 1. The molecular formula is C16H19N5O5S. The van der Waals surface area contributed by atoms with Crippen molar-refractivity contribution in [3.63, 3.8) is 0 Å². The van der Waals surface area contributed by atoms with Crippen molar-refractivity contribution in [3.8, 4) is 0 Å². The molecule has 0 bridgehead atoms. The minimum atomic E-state index is -1.14. The molecule has 1 heterocycles. The van der Waals surface area contributed by atoms with Crippen molar-refractivity contribution in [2.75, 3.05) is 0 Å². The van der Waals surface area contributed by atoms with E-state index in [1.807, 2.05) is 6.92 Å². The molecule has 0 aliphatic heterocycles. The summed E-state index contributed by atoms with van der Waals surface area (Å²) in [5.74, 6) is -1.81. The second-order valence-electron chi connectivity index (χ2n) is 5.77. The zero-order valence-corrected chi connectivity index (χ0v) is 15.6. The average Bonchev–Trinajstić information content (AvgIpc) is 3.03. The maximum Gasteiger partial charge on any atom is 0.326 e. The van der Waals surface area contributed by atoms with Crippen LogP contribution in [0, 0.1) is 10.1 Å². The Morgan fingerprint density at radius 1 is 1.44 bits per heavy atom. The smallest absolute Gasteiger partial charge is 0.326 e. The summed E-state index contributed by atoms with van der Waals surface area (Å²) in [4.78, 5) is 34.7. The number of benzene rings is 1. The van der Waals surface area contributed by atoms with Gasteiger partial charge in [0.25, 0.3) is 11.6 Å². The van der Waals surface area contributed by atoms with Gasteiger partial charge in [-0.05, 0) is 30.3 Å². The van der Waals surface area contributed by atoms with Crippen LogP contribution in [0.2, 0.25) is 0 Å². The van der Waals surface area contributed by atoms with Gasteiger partial charge in [-0.1, -0.05) is 19.8 Å². The van der Waals surface area contributed by atoms with E-state index in [0.717, 1.165) is 24.2 Å². The van der Waals surface area contributed by atoms with E-state index in [1.54, 1.807) is 11.6 Å². The molecule has 11 heteroatoms. The van der Waals surface area contributed by atoms with Gasteiger partial charge in [-0.3, -0.25) is 14.9 Å². The normalized spacial score (nSPS) is 11.8. The summed E-state index contributed by atoms with van der Waals surface area (Å²) in [6, 6.07) is 2.95. The van der Waals surface area contributed by atoms with Crippen LogP contribution < -0.4 is 5.32 Å². The fourth-order valence-electron chi connectivity index (χ4n) is 2.26. The number of carboxylic acid groups (broad SMARTS) is 1. The van der Waals surface area contributed by atoms with Crippen molar-refractivity contribution < 1.29 is 19.6 Å². The molecular weight excluding hydrogens is 374 g/mol. The van der Waals surface area contributed by atoms with E-state index >= 15 is 0 Å². The lowest BCUT2D eigenvalue weighted by Gasteiger charge is -2.14. The Bertz CT molecular complexity index is 853. The van der Waals surface area contributed by atoms with Crippen molar-refractivity contribution in [1.29, 1.82) is 0 Å². The highest BCUT2D eigenvalue weighted by Crippen LogP contribution is 2.34. The highest BCUT2D eigenvalue weighted by Gasteiger charge is 2.23. The molecule has 2 rings (SSSR count). The molecule has 1 atom stereocenters. The number of aromatic nitrogens is 3. The van der Waals surface area contributed by atoms with Gasteiger partial charge < -0.3 is 15.0 Å². The Labute approximate surface area is 159 Å². The van der Waals surface area contributed by atoms with E-state index in [4.69, 9.17) is 0 Å². The number of amides is 1. The summed E-state index contributed by atoms with van der Waals surface area (Å²) in [6.07, 6.45) is 3.20. The van der Waals surface area contributed by atoms with Gasteiger partial charge in [-0.2, -0.15) is 0 Å². The Morgan fingerprint density at radius 3 is 2.74 bits per heavy atom. The Hall–Kier alpha value is -2.95. The number of aliphatic carboxylic acids is 1. The number of carbonyl (C=O) groups is 2. The topological polar surface area (TPSA) is 140 Å². The second kappa shape index (κ2) is 9.12. The standard InChI is InChI=1S/C16H19N5O5S/c1-3-4-5-11(15(23)24)18-14(22)10-6-7-13(12(8-10)21(25)26)27-16-19-17-9-20(16)2/h6-9,11H,3-5H2,1-2H3,(H,18,22)(H,23,24)/t11-/m0/s1. The second-order valence-corrected chi connectivity index (χ2v) is 6.78. The van der Waals surface area contributed by atoms with E-state index in [9.17, 15) is 24.8 Å². The first-order chi connectivity index (χ1) is 12.8. The van der Waals surface area contributed by atoms with Crippen LogP contribution in [0.1, 0.15) is 36.5 Å². The van der Waals surface area contributed by atoms with Gasteiger partial charge in [0.2, 0.25) is 0 Å².